The Morgan fingerprint density at radius 3 is 2.66 bits per heavy atom. The van der Waals surface area contributed by atoms with Crippen molar-refractivity contribution in [1.29, 1.82) is 5.26 Å². The van der Waals surface area contributed by atoms with E-state index in [1.165, 1.54) is 11.1 Å². The number of rotatable bonds is 5. The minimum atomic E-state index is -1.16. The van der Waals surface area contributed by atoms with E-state index in [0.29, 0.717) is 32.5 Å². The van der Waals surface area contributed by atoms with Gasteiger partial charge in [-0.3, -0.25) is 4.79 Å². The Morgan fingerprint density at radius 2 is 2.00 bits per heavy atom. The van der Waals surface area contributed by atoms with Crippen molar-refractivity contribution < 1.29 is 19.1 Å². The van der Waals surface area contributed by atoms with Gasteiger partial charge in [0.15, 0.2) is 0 Å². The summed E-state index contributed by atoms with van der Waals surface area (Å²) in [7, 11) is 2.11. The predicted molar refractivity (Wildman–Crippen MR) is 120 cm³/mol. The molecule has 0 aliphatic carbocycles. The number of nitrogens with zero attached hydrogens (tertiary/aromatic N) is 2. The van der Waals surface area contributed by atoms with E-state index in [0.717, 1.165) is 25.1 Å². The van der Waals surface area contributed by atoms with Crippen LogP contribution in [0.1, 0.15) is 50.3 Å². The average Bonchev–Trinajstić information content (AvgIpc) is 2.72. The normalized spacial score (nSPS) is 19.2. The van der Waals surface area contributed by atoms with E-state index >= 15 is 0 Å². The third kappa shape index (κ3) is 6.21. The molecule has 32 heavy (non-hydrogen) atoms. The van der Waals surface area contributed by atoms with Crippen LogP contribution in [0, 0.1) is 11.3 Å². The lowest BCUT2D eigenvalue weighted by molar-refractivity contribution is -0.132. The molecule has 1 saturated heterocycles. The highest BCUT2D eigenvalue weighted by Gasteiger charge is 2.43. The maximum atomic E-state index is 13.3. The molecule has 2 aliphatic heterocycles. The van der Waals surface area contributed by atoms with Crippen molar-refractivity contribution in [3.8, 4) is 6.07 Å². The fourth-order valence-electron chi connectivity index (χ4n) is 4.16. The summed E-state index contributed by atoms with van der Waals surface area (Å²) in [6, 6.07) is 7.78. The number of carbonyl (C=O) groups excluding carboxylic acids is 2. The summed E-state index contributed by atoms with van der Waals surface area (Å²) in [5.41, 5.74) is 1.79. The first kappa shape index (κ1) is 24.0. The first-order valence-electron chi connectivity index (χ1n) is 11.2. The Morgan fingerprint density at radius 1 is 1.28 bits per heavy atom. The molecule has 3 rings (SSSR count). The molecule has 1 atom stereocenters. The molecule has 0 spiro atoms. The average molecular weight is 443 g/mol. The van der Waals surface area contributed by atoms with Crippen LogP contribution in [0.25, 0.3) is 0 Å². The quantitative estimate of drug-likeness (QED) is 0.725. The number of likely N-dealkylation sites (N-methyl/N-ethyl adjacent to an activating group) is 1. The molecule has 174 valence electrons. The summed E-state index contributed by atoms with van der Waals surface area (Å²) in [6.07, 6.45) is 1.38. The Kier molecular flexibility index (Phi) is 7.42. The van der Waals surface area contributed by atoms with Crippen LogP contribution >= 0.6 is 0 Å². The third-order valence-electron chi connectivity index (χ3n) is 5.90. The zero-order valence-corrected chi connectivity index (χ0v) is 19.5. The molecule has 0 saturated carbocycles. The SMILES string of the molecule is CN1CCc2cc(C[C@@H](C#N)NC(=O)C3(NC(=O)OC(C)(C)C)CCOCC3)ccc2C1. The highest BCUT2D eigenvalue weighted by Crippen LogP contribution is 2.24. The highest BCUT2D eigenvalue weighted by molar-refractivity contribution is 5.90. The van der Waals surface area contributed by atoms with Crippen molar-refractivity contribution in [2.45, 2.75) is 70.2 Å². The molecule has 0 bridgehead atoms. The van der Waals surface area contributed by atoms with Gasteiger partial charge >= 0.3 is 6.09 Å². The number of nitrogens with one attached hydrogen (secondary N) is 2. The third-order valence-corrected chi connectivity index (χ3v) is 5.90. The van der Waals surface area contributed by atoms with Crippen molar-refractivity contribution in [1.82, 2.24) is 15.5 Å². The Bertz CT molecular complexity index is 881. The number of alkyl carbamates (subject to hydrolysis) is 1. The molecule has 2 N–H and O–H groups in total. The van der Waals surface area contributed by atoms with Crippen molar-refractivity contribution in [3.05, 3.63) is 34.9 Å². The number of ether oxygens (including phenoxy) is 2. The van der Waals surface area contributed by atoms with Crippen molar-refractivity contribution >= 4 is 12.0 Å². The number of benzene rings is 1. The Labute approximate surface area is 190 Å². The van der Waals surface area contributed by atoms with Crippen LogP contribution in [-0.4, -0.2) is 60.9 Å². The lowest BCUT2D eigenvalue weighted by atomic mass is 9.88. The van der Waals surface area contributed by atoms with Gasteiger partial charge in [0.2, 0.25) is 5.91 Å². The van der Waals surface area contributed by atoms with Gasteiger partial charge in [-0.05, 0) is 50.9 Å². The van der Waals surface area contributed by atoms with Crippen molar-refractivity contribution in [2.75, 3.05) is 26.8 Å². The predicted octanol–water partition coefficient (Wildman–Crippen LogP) is 2.30. The minimum Gasteiger partial charge on any atom is -0.444 e. The smallest absolute Gasteiger partial charge is 0.408 e. The Balaban J connectivity index is 1.69. The largest absolute Gasteiger partial charge is 0.444 e. The zero-order chi connectivity index (χ0) is 23.4. The summed E-state index contributed by atoms with van der Waals surface area (Å²) in [5.74, 6) is -0.377. The molecule has 1 fully saturated rings. The molecule has 8 nitrogen and oxygen atoms in total. The second-order valence-corrected chi connectivity index (χ2v) is 9.77. The van der Waals surface area contributed by atoms with Crippen LogP contribution in [0.2, 0.25) is 0 Å². The lowest BCUT2D eigenvalue weighted by Crippen LogP contribution is -2.63. The molecule has 2 amide bonds. The molecular formula is C24H34N4O4. The van der Waals surface area contributed by atoms with Crippen molar-refractivity contribution in [2.24, 2.45) is 0 Å². The summed E-state index contributed by atoms with van der Waals surface area (Å²) < 4.78 is 10.8. The van der Waals surface area contributed by atoms with E-state index in [1.807, 2.05) is 6.07 Å². The maximum Gasteiger partial charge on any atom is 0.408 e. The van der Waals surface area contributed by atoms with E-state index < -0.39 is 23.3 Å². The minimum absolute atomic E-state index is 0.322. The van der Waals surface area contributed by atoms with E-state index in [-0.39, 0.29) is 5.91 Å². The molecule has 1 aromatic rings. The standard InChI is InChI=1S/C24H34N4O4/c1-23(2,3)32-22(30)27-24(8-11-31-12-9-24)21(29)26-20(15-25)14-17-5-6-19-16-28(4)10-7-18(19)13-17/h5-6,13,20H,7-12,14,16H2,1-4H3,(H,26,29)(H,27,30)/t20-/m0/s1. The van der Waals surface area contributed by atoms with Gasteiger partial charge in [0.1, 0.15) is 17.2 Å². The zero-order valence-electron chi connectivity index (χ0n) is 19.5. The number of hydrogen-bond donors (Lipinski definition) is 2. The molecule has 1 aromatic carbocycles. The molecule has 2 aliphatic rings. The molecule has 0 radical (unpaired) electrons. The van der Waals surface area contributed by atoms with Gasteiger partial charge in [-0.25, -0.2) is 4.79 Å². The summed E-state index contributed by atoms with van der Waals surface area (Å²) in [5, 5.41) is 15.3. The summed E-state index contributed by atoms with van der Waals surface area (Å²) in [6.45, 7) is 7.94. The van der Waals surface area contributed by atoms with Gasteiger partial charge in [0, 0.05) is 45.6 Å². The topological polar surface area (TPSA) is 104 Å². The monoisotopic (exact) mass is 442 g/mol. The van der Waals surface area contributed by atoms with Crippen LogP contribution in [-0.2, 0) is 33.7 Å². The second kappa shape index (κ2) is 9.88. The number of nitriles is 1. The number of fused-ring (bicyclic) bond motifs is 1. The molecule has 2 heterocycles. The van der Waals surface area contributed by atoms with Gasteiger partial charge in [0.25, 0.3) is 0 Å². The molecule has 0 aromatic heterocycles. The van der Waals surface area contributed by atoms with Crippen LogP contribution < -0.4 is 10.6 Å². The first-order chi connectivity index (χ1) is 15.1. The molecular weight excluding hydrogens is 408 g/mol. The van der Waals surface area contributed by atoms with Gasteiger partial charge in [-0.2, -0.15) is 5.26 Å². The second-order valence-electron chi connectivity index (χ2n) is 9.77. The van der Waals surface area contributed by atoms with Gasteiger partial charge in [-0.15, -0.1) is 0 Å². The first-order valence-corrected chi connectivity index (χ1v) is 11.2. The summed E-state index contributed by atoms with van der Waals surface area (Å²) in [4.78, 5) is 28.0. The van der Waals surface area contributed by atoms with E-state index in [9.17, 15) is 14.9 Å². The molecule has 0 unspecified atom stereocenters. The van der Waals surface area contributed by atoms with Crippen molar-refractivity contribution in [3.63, 3.8) is 0 Å². The number of hydrogen-bond acceptors (Lipinski definition) is 6. The summed E-state index contributed by atoms with van der Waals surface area (Å²) >= 11 is 0. The van der Waals surface area contributed by atoms with Crippen LogP contribution in [0.15, 0.2) is 18.2 Å². The fourth-order valence-corrected chi connectivity index (χ4v) is 4.16. The highest BCUT2D eigenvalue weighted by atomic mass is 16.6. The number of amides is 2. The van der Waals surface area contributed by atoms with Crippen LogP contribution in [0.3, 0.4) is 0 Å². The van der Waals surface area contributed by atoms with E-state index in [4.69, 9.17) is 9.47 Å². The maximum absolute atomic E-state index is 13.3. The Hall–Kier alpha value is -2.63. The van der Waals surface area contributed by atoms with Crippen LogP contribution in [0.5, 0.6) is 0 Å². The van der Waals surface area contributed by atoms with Gasteiger partial charge in [-0.1, -0.05) is 18.2 Å². The van der Waals surface area contributed by atoms with Gasteiger partial charge < -0.3 is 25.0 Å². The van der Waals surface area contributed by atoms with E-state index in [1.54, 1.807) is 20.8 Å². The van der Waals surface area contributed by atoms with Gasteiger partial charge in [0.05, 0.1) is 6.07 Å². The van der Waals surface area contributed by atoms with E-state index in [2.05, 4.69) is 40.8 Å². The fraction of sp³-hybridized carbons (Fsp3) is 0.625. The molecule has 8 heteroatoms. The number of carbonyl (C=O) groups is 2. The van der Waals surface area contributed by atoms with Crippen LogP contribution in [0.4, 0.5) is 4.79 Å². The lowest BCUT2D eigenvalue weighted by Gasteiger charge is -2.37.